The molecule has 12 nitrogen and oxygen atoms in total. The molecule has 2 aromatic carbocycles. The first-order chi connectivity index (χ1) is 23.1. The second-order valence-corrected chi connectivity index (χ2v) is 11.8. The molecule has 1 aliphatic heterocycles. The van der Waals surface area contributed by atoms with Gasteiger partial charge in [-0.25, -0.2) is 28.5 Å². The topological polar surface area (TPSA) is 138 Å². The lowest BCUT2D eigenvalue weighted by molar-refractivity contribution is 0.0774. The number of alkyl halides is 2. The predicted octanol–water partition coefficient (Wildman–Crippen LogP) is 5.42. The van der Waals surface area contributed by atoms with E-state index < -0.39 is 23.5 Å². The summed E-state index contributed by atoms with van der Waals surface area (Å²) in [6.45, 7) is 1.92. The van der Waals surface area contributed by atoms with E-state index in [1.54, 1.807) is 42.6 Å². The van der Waals surface area contributed by atoms with Crippen LogP contribution >= 0.6 is 23.2 Å². The van der Waals surface area contributed by atoms with Gasteiger partial charge in [-0.1, -0.05) is 53.5 Å². The summed E-state index contributed by atoms with van der Waals surface area (Å²) in [5, 5.41) is 6.74. The van der Waals surface area contributed by atoms with Gasteiger partial charge >= 0.3 is 5.69 Å². The van der Waals surface area contributed by atoms with E-state index in [0.29, 0.717) is 51.6 Å². The molecular weight excluding hydrogens is 669 g/mol. The van der Waals surface area contributed by atoms with Crippen molar-refractivity contribution in [2.45, 2.75) is 31.9 Å². The van der Waals surface area contributed by atoms with Crippen LogP contribution in [0, 0.1) is 0 Å². The largest absolute Gasteiger partial charge is 0.480 e. The van der Waals surface area contributed by atoms with Gasteiger partial charge in [0.1, 0.15) is 16.9 Å². The molecule has 5 aromatic rings. The highest BCUT2D eigenvalue weighted by molar-refractivity contribution is 6.39. The van der Waals surface area contributed by atoms with Crippen molar-refractivity contribution in [1.82, 2.24) is 34.4 Å². The Labute approximate surface area is 282 Å². The molecule has 1 aliphatic rings. The Kier molecular flexibility index (Phi) is 9.69. The molecule has 0 bridgehead atoms. The molecule has 48 heavy (non-hydrogen) atoms. The summed E-state index contributed by atoms with van der Waals surface area (Å²) in [4.78, 5) is 42.7. The Morgan fingerprint density at radius 3 is 2.38 bits per heavy atom. The quantitative estimate of drug-likeness (QED) is 0.205. The van der Waals surface area contributed by atoms with Crippen LogP contribution in [0.15, 0.2) is 52.2 Å². The van der Waals surface area contributed by atoms with Crippen molar-refractivity contribution in [2.24, 2.45) is 14.1 Å². The molecule has 250 valence electrons. The summed E-state index contributed by atoms with van der Waals surface area (Å²) < 4.78 is 40.5. The van der Waals surface area contributed by atoms with Crippen molar-refractivity contribution >= 4 is 45.7 Å². The zero-order chi connectivity index (χ0) is 34.1. The number of aryl methyl sites for hydroxylation is 1. The van der Waals surface area contributed by atoms with Crippen molar-refractivity contribution in [3.05, 3.63) is 85.0 Å². The summed E-state index contributed by atoms with van der Waals surface area (Å²) >= 11 is 13.9. The van der Waals surface area contributed by atoms with E-state index in [-0.39, 0.29) is 27.6 Å². The van der Waals surface area contributed by atoms with Crippen molar-refractivity contribution in [2.75, 3.05) is 25.6 Å². The van der Waals surface area contributed by atoms with E-state index in [9.17, 15) is 18.4 Å². The molecule has 0 aliphatic carbocycles. The average Bonchev–Trinajstić information content (AvgIpc) is 3.10. The number of rotatable bonds is 9. The lowest BCUT2D eigenvalue weighted by Crippen LogP contribution is -2.38. The summed E-state index contributed by atoms with van der Waals surface area (Å²) in [5.41, 5.74) is 1.27. The summed E-state index contributed by atoms with van der Waals surface area (Å²) in [6, 6.07) is 10.7. The first-order valence-corrected chi connectivity index (χ1v) is 15.7. The molecule has 1 saturated heterocycles. The zero-order valence-corrected chi connectivity index (χ0v) is 27.6. The fourth-order valence-electron chi connectivity index (χ4n) is 5.52. The molecule has 0 spiro atoms. The van der Waals surface area contributed by atoms with Gasteiger partial charge in [0.25, 0.3) is 12.0 Å². The number of benzene rings is 2. The Morgan fingerprint density at radius 2 is 1.67 bits per heavy atom. The molecule has 0 saturated carbocycles. The molecule has 4 heterocycles. The fourth-order valence-corrected chi connectivity index (χ4v) is 6.12. The van der Waals surface area contributed by atoms with Crippen molar-refractivity contribution in [3.8, 4) is 28.3 Å². The minimum Gasteiger partial charge on any atom is -0.480 e. The maximum absolute atomic E-state index is 13.8. The minimum absolute atomic E-state index is 0.163. The lowest BCUT2D eigenvalue weighted by Gasteiger charge is -2.23. The van der Waals surface area contributed by atoms with Gasteiger partial charge < -0.3 is 20.1 Å². The summed E-state index contributed by atoms with van der Waals surface area (Å²) in [5.74, 6) is -0.737. The van der Waals surface area contributed by atoms with Crippen LogP contribution in [0.3, 0.4) is 0 Å². The van der Waals surface area contributed by atoms with Gasteiger partial charge in [-0.3, -0.25) is 18.9 Å². The van der Waals surface area contributed by atoms with E-state index in [2.05, 4.69) is 30.6 Å². The smallest absolute Gasteiger partial charge is 0.332 e. The van der Waals surface area contributed by atoms with Crippen LogP contribution in [0.25, 0.3) is 33.4 Å². The normalized spacial score (nSPS) is 13.8. The Morgan fingerprint density at radius 1 is 0.979 bits per heavy atom. The van der Waals surface area contributed by atoms with Gasteiger partial charge in [0.15, 0.2) is 11.5 Å². The minimum atomic E-state index is -3.07. The molecule has 2 N–H and O–H groups in total. The van der Waals surface area contributed by atoms with E-state index in [0.717, 1.165) is 35.2 Å². The Balaban J connectivity index is 1.36. The third kappa shape index (κ3) is 6.35. The van der Waals surface area contributed by atoms with E-state index in [1.807, 2.05) is 0 Å². The summed E-state index contributed by atoms with van der Waals surface area (Å²) in [6.07, 6.45) is 0.391. The molecule has 0 atom stereocenters. The SMILES string of the molecule is COc1nc(-c2cccc(-c3cccc(Nc4nc(C(F)F)nc5c4c(=O)n(C)c(=O)n5C)c3Cl)c2Cl)cnc1CNC1CCOCC1. The summed E-state index contributed by atoms with van der Waals surface area (Å²) in [7, 11) is 4.13. The van der Waals surface area contributed by atoms with Crippen LogP contribution in [-0.2, 0) is 25.4 Å². The van der Waals surface area contributed by atoms with Crippen LogP contribution in [0.2, 0.25) is 10.0 Å². The molecule has 0 amide bonds. The number of hydrogen-bond acceptors (Lipinski definition) is 10. The molecule has 16 heteroatoms. The van der Waals surface area contributed by atoms with Gasteiger partial charge in [0.2, 0.25) is 5.88 Å². The lowest BCUT2D eigenvalue weighted by atomic mass is 10.0. The van der Waals surface area contributed by atoms with Crippen LogP contribution < -0.4 is 26.6 Å². The average molecular weight is 700 g/mol. The number of nitrogens with one attached hydrogen (secondary N) is 2. The molecule has 6 rings (SSSR count). The van der Waals surface area contributed by atoms with Gasteiger partial charge in [-0.15, -0.1) is 0 Å². The second-order valence-electron chi connectivity index (χ2n) is 11.1. The van der Waals surface area contributed by atoms with Crippen molar-refractivity contribution in [3.63, 3.8) is 0 Å². The molecule has 3 aromatic heterocycles. The first-order valence-electron chi connectivity index (χ1n) is 14.9. The van der Waals surface area contributed by atoms with Crippen molar-refractivity contribution in [1.29, 1.82) is 0 Å². The number of hydrogen-bond donors (Lipinski definition) is 2. The number of anilines is 2. The molecule has 1 fully saturated rings. The fraction of sp³-hybridized carbons (Fsp3) is 0.312. The van der Waals surface area contributed by atoms with Crippen LogP contribution in [-0.4, -0.2) is 55.4 Å². The van der Waals surface area contributed by atoms with Gasteiger partial charge in [0.05, 0.1) is 34.7 Å². The third-order valence-corrected chi connectivity index (χ3v) is 8.93. The number of fused-ring (bicyclic) bond motifs is 1. The van der Waals surface area contributed by atoms with E-state index >= 15 is 0 Å². The second kappa shape index (κ2) is 13.9. The van der Waals surface area contributed by atoms with Crippen molar-refractivity contribution < 1.29 is 18.3 Å². The highest BCUT2D eigenvalue weighted by atomic mass is 35.5. The maximum atomic E-state index is 13.8. The third-order valence-electron chi connectivity index (χ3n) is 8.11. The highest BCUT2D eigenvalue weighted by Crippen LogP contribution is 2.42. The molecule has 0 radical (unpaired) electrons. The van der Waals surface area contributed by atoms with Crippen LogP contribution in [0.1, 0.15) is 30.8 Å². The van der Waals surface area contributed by atoms with Gasteiger partial charge in [0, 0.05) is 56.6 Å². The Hall–Kier alpha value is -4.50. The number of halogens is 4. The monoisotopic (exact) mass is 698 g/mol. The van der Waals surface area contributed by atoms with Crippen LogP contribution in [0.5, 0.6) is 5.88 Å². The zero-order valence-electron chi connectivity index (χ0n) is 26.1. The molecular formula is C32H30Cl2F2N8O4. The molecule has 0 unspecified atom stereocenters. The van der Waals surface area contributed by atoms with E-state index in [1.165, 1.54) is 21.2 Å². The van der Waals surface area contributed by atoms with Gasteiger partial charge in [-0.05, 0) is 18.9 Å². The first kappa shape index (κ1) is 33.4. The number of methoxy groups -OCH3 is 1. The Bertz CT molecular complexity index is 2140. The maximum Gasteiger partial charge on any atom is 0.332 e. The predicted molar refractivity (Wildman–Crippen MR) is 178 cm³/mol. The van der Waals surface area contributed by atoms with E-state index in [4.69, 9.17) is 32.7 Å². The number of aromatic nitrogens is 6. The number of nitrogens with zero attached hydrogens (tertiary/aromatic N) is 6. The standard InChI is InChI=1S/C32H30Cl2F2N8O4/c1-43-29-23(31(45)44(2)32(43)46)27(41-28(42-29)26(35)36)39-20-9-5-7-18(25(20)34)17-6-4-8-19(24(17)33)21-14-38-22(30(40-21)47-3)15-37-16-10-12-48-13-11-16/h4-9,14,16,26,37H,10-13,15H2,1-3H3,(H,39,41,42). The van der Waals surface area contributed by atoms with Crippen LogP contribution in [0.4, 0.5) is 20.3 Å². The van der Waals surface area contributed by atoms with Gasteiger partial charge in [-0.2, -0.15) is 0 Å². The number of ether oxygens (including phenoxy) is 2. The highest BCUT2D eigenvalue weighted by Gasteiger charge is 2.23.